The van der Waals surface area contributed by atoms with Gasteiger partial charge >= 0.3 is 5.97 Å². The van der Waals surface area contributed by atoms with Gasteiger partial charge in [-0.1, -0.05) is 26.0 Å². The summed E-state index contributed by atoms with van der Waals surface area (Å²) in [7, 11) is 0. The van der Waals surface area contributed by atoms with Gasteiger partial charge in [-0.25, -0.2) is 4.79 Å². The molecule has 1 atom stereocenters. The predicted octanol–water partition coefficient (Wildman–Crippen LogP) is 2.32. The van der Waals surface area contributed by atoms with Crippen LogP contribution in [-0.4, -0.2) is 29.6 Å². The summed E-state index contributed by atoms with van der Waals surface area (Å²) in [4.78, 5) is 22.7. The van der Waals surface area contributed by atoms with Gasteiger partial charge in [-0.15, -0.1) is 0 Å². The Bertz CT molecular complexity index is 506. The summed E-state index contributed by atoms with van der Waals surface area (Å²) in [6.45, 7) is 6.00. The number of carbonyl (C=O) groups is 2. The molecule has 1 amide bonds. The minimum Gasteiger partial charge on any atom is -0.494 e. The molecule has 0 aromatic heterocycles. The Hall–Kier alpha value is -2.30. The van der Waals surface area contributed by atoms with Crippen molar-refractivity contribution in [3.8, 4) is 5.75 Å². The summed E-state index contributed by atoms with van der Waals surface area (Å²) in [6.07, 6.45) is 2.96. The second-order valence-electron chi connectivity index (χ2n) is 4.90. The number of benzene rings is 1. The fourth-order valence-corrected chi connectivity index (χ4v) is 1.73. The summed E-state index contributed by atoms with van der Waals surface area (Å²) in [5, 5.41) is 11.5. The van der Waals surface area contributed by atoms with Crippen LogP contribution in [0.15, 0.2) is 30.3 Å². The first-order chi connectivity index (χ1) is 9.93. The van der Waals surface area contributed by atoms with Crippen molar-refractivity contribution in [2.45, 2.75) is 26.8 Å². The zero-order valence-corrected chi connectivity index (χ0v) is 12.5. The topological polar surface area (TPSA) is 75.6 Å². The molecule has 5 nitrogen and oxygen atoms in total. The molecule has 0 aliphatic rings. The predicted molar refractivity (Wildman–Crippen MR) is 81.0 cm³/mol. The van der Waals surface area contributed by atoms with E-state index in [1.807, 2.05) is 31.2 Å². The van der Waals surface area contributed by atoms with Gasteiger partial charge in [0.05, 0.1) is 6.61 Å². The van der Waals surface area contributed by atoms with Crippen LogP contribution in [0.3, 0.4) is 0 Å². The first-order valence-electron chi connectivity index (χ1n) is 6.88. The molecule has 0 spiro atoms. The smallest absolute Gasteiger partial charge is 0.326 e. The van der Waals surface area contributed by atoms with E-state index in [2.05, 4.69) is 5.32 Å². The van der Waals surface area contributed by atoms with Crippen molar-refractivity contribution >= 4 is 18.0 Å². The zero-order valence-electron chi connectivity index (χ0n) is 12.5. The van der Waals surface area contributed by atoms with Gasteiger partial charge in [0.2, 0.25) is 5.91 Å². The summed E-state index contributed by atoms with van der Waals surface area (Å²) in [5.74, 6) is -0.868. The van der Waals surface area contributed by atoms with Crippen molar-refractivity contribution in [1.29, 1.82) is 0 Å². The second kappa shape index (κ2) is 8.09. The van der Waals surface area contributed by atoms with E-state index in [-0.39, 0.29) is 5.92 Å². The van der Waals surface area contributed by atoms with Crippen LogP contribution in [0.2, 0.25) is 0 Å². The third-order valence-corrected chi connectivity index (χ3v) is 2.85. The molecule has 0 bridgehead atoms. The standard InChI is InChI=1S/C16H21NO4/c1-4-21-13-8-5-12(6-9-13)7-10-14(18)17-15(11(2)3)16(19)20/h5-11,15H,4H2,1-3H3,(H,17,18)(H,19,20)/b10-7+/t15-/m0/s1. The van der Waals surface area contributed by atoms with E-state index in [1.54, 1.807) is 19.9 Å². The maximum atomic E-state index is 11.7. The van der Waals surface area contributed by atoms with Crippen LogP contribution >= 0.6 is 0 Å². The molecule has 0 saturated carbocycles. The maximum Gasteiger partial charge on any atom is 0.326 e. The van der Waals surface area contributed by atoms with Crippen molar-refractivity contribution < 1.29 is 19.4 Å². The Morgan fingerprint density at radius 2 is 1.90 bits per heavy atom. The first kappa shape index (κ1) is 16.8. The fraction of sp³-hybridized carbons (Fsp3) is 0.375. The van der Waals surface area contributed by atoms with Crippen LogP contribution in [0.4, 0.5) is 0 Å². The number of carboxylic acids is 1. The quantitative estimate of drug-likeness (QED) is 0.756. The second-order valence-corrected chi connectivity index (χ2v) is 4.90. The summed E-state index contributed by atoms with van der Waals surface area (Å²) in [5.41, 5.74) is 0.838. The minimum atomic E-state index is -1.03. The number of carboxylic acid groups (broad SMARTS) is 1. The Kier molecular flexibility index (Phi) is 6.46. The van der Waals surface area contributed by atoms with Gasteiger partial charge in [0.25, 0.3) is 0 Å². The molecule has 0 unspecified atom stereocenters. The van der Waals surface area contributed by atoms with E-state index in [1.165, 1.54) is 6.08 Å². The highest BCUT2D eigenvalue weighted by atomic mass is 16.5. The highest BCUT2D eigenvalue weighted by molar-refractivity contribution is 5.94. The first-order valence-corrected chi connectivity index (χ1v) is 6.88. The van der Waals surface area contributed by atoms with Crippen molar-refractivity contribution in [2.24, 2.45) is 5.92 Å². The van der Waals surface area contributed by atoms with E-state index in [4.69, 9.17) is 9.84 Å². The van der Waals surface area contributed by atoms with Crippen molar-refractivity contribution in [2.75, 3.05) is 6.61 Å². The molecule has 1 rings (SSSR count). The third-order valence-electron chi connectivity index (χ3n) is 2.85. The van der Waals surface area contributed by atoms with Crippen molar-refractivity contribution in [3.63, 3.8) is 0 Å². The molecule has 2 N–H and O–H groups in total. The van der Waals surface area contributed by atoms with Crippen molar-refractivity contribution in [3.05, 3.63) is 35.9 Å². The molecule has 1 aromatic carbocycles. The number of hydrogen-bond donors (Lipinski definition) is 2. The molecule has 0 saturated heterocycles. The number of rotatable bonds is 7. The number of aliphatic carboxylic acids is 1. The number of nitrogens with one attached hydrogen (secondary N) is 1. The number of hydrogen-bond acceptors (Lipinski definition) is 3. The molecule has 0 aliphatic carbocycles. The summed E-state index contributed by atoms with van der Waals surface area (Å²) in [6, 6.07) is 6.39. The van der Waals surface area contributed by atoms with E-state index in [0.29, 0.717) is 6.61 Å². The SMILES string of the molecule is CCOc1ccc(/C=C/C(=O)N[C@H](C(=O)O)C(C)C)cc1. The van der Waals surface area contributed by atoms with Gasteiger partial charge in [0.1, 0.15) is 11.8 Å². The lowest BCUT2D eigenvalue weighted by Crippen LogP contribution is -2.43. The molecular weight excluding hydrogens is 270 g/mol. The van der Waals surface area contributed by atoms with Crippen LogP contribution in [0.5, 0.6) is 5.75 Å². The highest BCUT2D eigenvalue weighted by Crippen LogP contribution is 2.13. The van der Waals surface area contributed by atoms with Gasteiger partial charge < -0.3 is 15.2 Å². The van der Waals surface area contributed by atoms with E-state index < -0.39 is 17.9 Å². The number of carbonyl (C=O) groups excluding carboxylic acids is 1. The Balaban J connectivity index is 2.62. The average molecular weight is 291 g/mol. The summed E-state index contributed by atoms with van der Waals surface area (Å²) >= 11 is 0. The van der Waals surface area contributed by atoms with Gasteiger partial charge in [0, 0.05) is 6.08 Å². The van der Waals surface area contributed by atoms with Crippen LogP contribution in [0.25, 0.3) is 6.08 Å². The zero-order chi connectivity index (χ0) is 15.8. The monoisotopic (exact) mass is 291 g/mol. The molecule has 21 heavy (non-hydrogen) atoms. The molecule has 1 aromatic rings. The van der Waals surface area contributed by atoms with E-state index in [9.17, 15) is 9.59 Å². The largest absolute Gasteiger partial charge is 0.494 e. The molecule has 0 radical (unpaired) electrons. The Morgan fingerprint density at radius 1 is 1.29 bits per heavy atom. The van der Waals surface area contributed by atoms with Crippen molar-refractivity contribution in [1.82, 2.24) is 5.32 Å². The fourth-order valence-electron chi connectivity index (χ4n) is 1.73. The minimum absolute atomic E-state index is 0.176. The van der Waals surface area contributed by atoms with E-state index in [0.717, 1.165) is 11.3 Å². The van der Waals surface area contributed by atoms with Crippen LogP contribution < -0.4 is 10.1 Å². The van der Waals surface area contributed by atoms with Gasteiger partial charge in [0.15, 0.2) is 0 Å². The van der Waals surface area contributed by atoms with Gasteiger partial charge in [-0.3, -0.25) is 4.79 Å². The highest BCUT2D eigenvalue weighted by Gasteiger charge is 2.22. The normalized spacial score (nSPS) is 12.4. The van der Waals surface area contributed by atoms with Crippen LogP contribution in [-0.2, 0) is 9.59 Å². The number of ether oxygens (including phenoxy) is 1. The average Bonchev–Trinajstić information content (AvgIpc) is 2.43. The molecule has 0 aliphatic heterocycles. The van der Waals surface area contributed by atoms with Crippen LogP contribution in [0, 0.1) is 5.92 Å². The Labute approximate surface area is 124 Å². The lowest BCUT2D eigenvalue weighted by Gasteiger charge is -2.16. The van der Waals surface area contributed by atoms with E-state index >= 15 is 0 Å². The van der Waals surface area contributed by atoms with Crippen LogP contribution in [0.1, 0.15) is 26.3 Å². The number of amides is 1. The maximum absolute atomic E-state index is 11.7. The third kappa shape index (κ3) is 5.69. The lowest BCUT2D eigenvalue weighted by molar-refractivity contribution is -0.142. The summed E-state index contributed by atoms with van der Waals surface area (Å²) < 4.78 is 5.32. The molecule has 0 fully saturated rings. The molecule has 0 heterocycles. The van der Waals surface area contributed by atoms with Gasteiger partial charge in [-0.2, -0.15) is 0 Å². The lowest BCUT2D eigenvalue weighted by atomic mass is 10.0. The molecule has 5 heteroatoms. The van der Waals surface area contributed by atoms with Gasteiger partial charge in [-0.05, 0) is 36.6 Å². The molecule has 114 valence electrons. The molecular formula is C16H21NO4. The Morgan fingerprint density at radius 3 is 2.38 bits per heavy atom.